The van der Waals surface area contributed by atoms with Crippen molar-refractivity contribution in [2.75, 3.05) is 13.2 Å². The molecule has 1 fully saturated rings. The molecular weight excluding hydrogens is 270 g/mol. The van der Waals surface area contributed by atoms with Crippen LogP contribution in [0.3, 0.4) is 0 Å². The maximum atomic E-state index is 11.8. The van der Waals surface area contributed by atoms with Crippen molar-refractivity contribution >= 4 is 21.9 Å². The van der Waals surface area contributed by atoms with E-state index in [0.29, 0.717) is 32.3 Å². The van der Waals surface area contributed by atoms with E-state index in [2.05, 4.69) is 0 Å². The van der Waals surface area contributed by atoms with Gasteiger partial charge in [-0.15, -0.1) is 0 Å². The minimum absolute atomic E-state index is 0.202. The minimum atomic E-state index is -3.47. The van der Waals surface area contributed by atoms with Gasteiger partial charge in [0, 0.05) is 13.0 Å². The summed E-state index contributed by atoms with van der Waals surface area (Å²) in [6.07, 6.45) is 2.24. The molecule has 0 N–H and O–H groups in total. The molecule has 0 saturated carbocycles. The Bertz CT molecular complexity index is 455. The van der Waals surface area contributed by atoms with Crippen LogP contribution >= 0.6 is 0 Å². The number of ether oxygens (including phenoxy) is 1. The van der Waals surface area contributed by atoms with E-state index in [-0.39, 0.29) is 18.4 Å². The van der Waals surface area contributed by atoms with E-state index in [0.717, 1.165) is 4.31 Å². The van der Waals surface area contributed by atoms with Crippen LogP contribution in [-0.4, -0.2) is 42.5 Å². The van der Waals surface area contributed by atoms with Crippen molar-refractivity contribution in [1.29, 1.82) is 0 Å². The van der Waals surface area contributed by atoms with Crippen molar-refractivity contribution in [2.24, 2.45) is 0 Å². The van der Waals surface area contributed by atoms with Gasteiger partial charge in [-0.1, -0.05) is 6.42 Å². The lowest BCUT2D eigenvalue weighted by molar-refractivity contribution is -0.143. The molecule has 7 heteroatoms. The first-order valence-electron chi connectivity index (χ1n) is 6.47. The molecule has 19 heavy (non-hydrogen) atoms. The Kier molecular flexibility index (Phi) is 4.95. The van der Waals surface area contributed by atoms with E-state index < -0.39 is 14.8 Å². The highest BCUT2D eigenvalue weighted by Gasteiger charge is 2.59. The van der Waals surface area contributed by atoms with Crippen LogP contribution in [0.25, 0.3) is 0 Å². The predicted octanol–water partition coefficient (Wildman–Crippen LogP) is 1.06. The van der Waals surface area contributed by atoms with E-state index in [1.807, 2.05) is 0 Å². The molecule has 0 aliphatic carbocycles. The number of nitrogens with zero attached hydrogens (tertiary/aromatic N) is 1. The van der Waals surface area contributed by atoms with Gasteiger partial charge in [-0.2, -0.15) is 0 Å². The fourth-order valence-corrected chi connectivity index (χ4v) is 3.48. The fraction of sp³-hybridized carbons (Fsp3) is 0.833. The molecule has 1 aliphatic rings. The summed E-state index contributed by atoms with van der Waals surface area (Å²) in [5.74, 6) is -0.589. The molecule has 1 heterocycles. The molecule has 110 valence electrons. The molecular formula is C12H21NO5S. The van der Waals surface area contributed by atoms with Gasteiger partial charge < -0.3 is 4.74 Å². The number of hydrogen-bond donors (Lipinski definition) is 0. The molecule has 1 aliphatic heterocycles. The Morgan fingerprint density at radius 3 is 2.42 bits per heavy atom. The van der Waals surface area contributed by atoms with Crippen LogP contribution < -0.4 is 0 Å². The smallest absolute Gasteiger partial charge is 0.305 e. The zero-order chi connectivity index (χ0) is 14.7. The number of esters is 1. The summed E-state index contributed by atoms with van der Waals surface area (Å²) >= 11 is 0. The third-order valence-corrected chi connectivity index (χ3v) is 5.62. The van der Waals surface area contributed by atoms with Gasteiger partial charge in [-0.3, -0.25) is 9.59 Å². The molecule has 0 atom stereocenters. The van der Waals surface area contributed by atoms with E-state index in [1.54, 1.807) is 6.92 Å². The molecule has 0 unspecified atom stereocenters. The van der Waals surface area contributed by atoms with Crippen molar-refractivity contribution in [3.63, 3.8) is 0 Å². The van der Waals surface area contributed by atoms with Crippen molar-refractivity contribution in [1.82, 2.24) is 4.31 Å². The average molecular weight is 291 g/mol. The van der Waals surface area contributed by atoms with Crippen molar-refractivity contribution in [3.05, 3.63) is 0 Å². The molecule has 0 radical (unpaired) electrons. The number of unbranched alkanes of at least 4 members (excludes halogenated alkanes) is 2. The Hall–Kier alpha value is -1.11. The molecule has 6 nitrogen and oxygen atoms in total. The van der Waals surface area contributed by atoms with Crippen molar-refractivity contribution in [2.45, 2.75) is 51.2 Å². The highest BCUT2D eigenvalue weighted by molar-refractivity contribution is 7.94. The van der Waals surface area contributed by atoms with Gasteiger partial charge in [0.15, 0.2) is 4.75 Å². The number of carbonyl (C=O) groups excluding carboxylic acids is 2. The molecule has 1 rings (SSSR count). The average Bonchev–Trinajstić information content (AvgIpc) is 2.32. The van der Waals surface area contributed by atoms with Gasteiger partial charge in [0.1, 0.15) is 0 Å². The minimum Gasteiger partial charge on any atom is -0.466 e. The highest BCUT2D eigenvalue weighted by Crippen LogP contribution is 2.34. The summed E-state index contributed by atoms with van der Waals surface area (Å²) < 4.78 is 28.0. The number of carbonyl (C=O) groups is 2. The summed E-state index contributed by atoms with van der Waals surface area (Å²) in [5.41, 5.74) is 0. The van der Waals surface area contributed by atoms with Crippen LogP contribution in [-0.2, 0) is 24.3 Å². The summed E-state index contributed by atoms with van der Waals surface area (Å²) in [6, 6.07) is 0. The topological polar surface area (TPSA) is 80.8 Å². The highest BCUT2D eigenvalue weighted by atomic mass is 32.2. The van der Waals surface area contributed by atoms with Gasteiger partial charge >= 0.3 is 5.97 Å². The number of amides is 1. The normalized spacial score (nSPS) is 19.9. The maximum absolute atomic E-state index is 11.8. The first-order chi connectivity index (χ1) is 8.75. The van der Waals surface area contributed by atoms with Crippen molar-refractivity contribution in [3.8, 4) is 0 Å². The predicted molar refractivity (Wildman–Crippen MR) is 69.8 cm³/mol. The Morgan fingerprint density at radius 1 is 1.26 bits per heavy atom. The van der Waals surface area contributed by atoms with E-state index in [4.69, 9.17) is 4.74 Å². The van der Waals surface area contributed by atoms with Crippen molar-refractivity contribution < 1.29 is 22.7 Å². The van der Waals surface area contributed by atoms with Gasteiger partial charge in [0.2, 0.25) is 0 Å². The largest absolute Gasteiger partial charge is 0.466 e. The van der Waals surface area contributed by atoms with Crippen LogP contribution in [0.1, 0.15) is 46.5 Å². The lowest BCUT2D eigenvalue weighted by atomic mass is 10.1. The van der Waals surface area contributed by atoms with Crippen LogP contribution in [0.2, 0.25) is 0 Å². The molecule has 0 aromatic carbocycles. The van der Waals surface area contributed by atoms with Crippen LogP contribution in [0, 0.1) is 0 Å². The molecule has 1 saturated heterocycles. The van der Waals surface area contributed by atoms with E-state index in [9.17, 15) is 18.0 Å². The summed E-state index contributed by atoms with van der Waals surface area (Å²) in [4.78, 5) is 22.7. The Morgan fingerprint density at radius 2 is 1.89 bits per heavy atom. The third kappa shape index (κ3) is 3.08. The second-order valence-electron chi connectivity index (χ2n) is 5.01. The first kappa shape index (κ1) is 15.9. The SMILES string of the molecule is CCOC(=O)CCCCCN1C(=O)C(C)(C)S1(=O)=O. The van der Waals surface area contributed by atoms with Crippen LogP contribution in [0.5, 0.6) is 0 Å². The zero-order valence-electron chi connectivity index (χ0n) is 11.6. The van der Waals surface area contributed by atoms with Gasteiger partial charge in [0.05, 0.1) is 6.61 Å². The van der Waals surface area contributed by atoms with Gasteiger partial charge in [0.25, 0.3) is 15.9 Å². The van der Waals surface area contributed by atoms with E-state index >= 15 is 0 Å². The molecule has 0 bridgehead atoms. The van der Waals surface area contributed by atoms with Crippen LogP contribution in [0.15, 0.2) is 0 Å². The standard InChI is InChI=1S/C12H21NO5S/c1-4-18-10(14)8-6-5-7-9-13-11(15)12(2,3)19(13,16)17/h4-9H2,1-3H3. The first-order valence-corrected chi connectivity index (χ1v) is 7.91. The van der Waals surface area contributed by atoms with Gasteiger partial charge in [-0.05, 0) is 33.6 Å². The lowest BCUT2D eigenvalue weighted by Gasteiger charge is -2.43. The molecule has 0 spiro atoms. The summed E-state index contributed by atoms with van der Waals surface area (Å²) in [6.45, 7) is 5.16. The van der Waals surface area contributed by atoms with Crippen LogP contribution in [0.4, 0.5) is 0 Å². The molecule has 1 amide bonds. The quantitative estimate of drug-likeness (QED) is 0.517. The number of sulfonamides is 1. The number of hydrogen-bond acceptors (Lipinski definition) is 5. The Balaban J connectivity index is 2.25. The molecule has 0 aromatic rings. The van der Waals surface area contributed by atoms with E-state index in [1.165, 1.54) is 13.8 Å². The summed E-state index contributed by atoms with van der Waals surface area (Å²) in [5, 5.41) is 0. The second-order valence-corrected chi connectivity index (χ2v) is 7.42. The van der Waals surface area contributed by atoms with Gasteiger partial charge in [-0.25, -0.2) is 12.7 Å². The zero-order valence-corrected chi connectivity index (χ0v) is 12.5. The fourth-order valence-electron chi connectivity index (χ4n) is 1.91. The maximum Gasteiger partial charge on any atom is 0.305 e. The Labute approximate surface area is 114 Å². The number of rotatable bonds is 7. The second kappa shape index (κ2) is 5.90. The molecule has 0 aromatic heterocycles. The lowest BCUT2D eigenvalue weighted by Crippen LogP contribution is -2.67. The monoisotopic (exact) mass is 291 g/mol. The third-order valence-electron chi connectivity index (χ3n) is 3.22. The summed E-state index contributed by atoms with van der Waals surface area (Å²) in [7, 11) is -3.47.